The van der Waals surface area contributed by atoms with Crippen molar-refractivity contribution in [2.45, 2.75) is 24.7 Å². The highest BCUT2D eigenvalue weighted by molar-refractivity contribution is 5.82. The normalized spacial score (nSPS) is 21.7. The lowest BCUT2D eigenvalue weighted by atomic mass is 9.72. The van der Waals surface area contributed by atoms with Gasteiger partial charge in [0.1, 0.15) is 17.4 Å². The molecule has 0 amide bonds. The quantitative estimate of drug-likeness (QED) is 0.721. The van der Waals surface area contributed by atoms with Crippen molar-refractivity contribution in [2.24, 2.45) is 0 Å². The van der Waals surface area contributed by atoms with E-state index in [9.17, 15) is 8.78 Å². The van der Waals surface area contributed by atoms with Crippen molar-refractivity contribution in [3.05, 3.63) is 76.5 Å². The van der Waals surface area contributed by atoms with Crippen molar-refractivity contribution in [1.82, 2.24) is 0 Å². The highest BCUT2D eigenvalue weighted by Crippen LogP contribution is 2.55. The van der Waals surface area contributed by atoms with Crippen molar-refractivity contribution < 1.29 is 13.5 Å². The van der Waals surface area contributed by atoms with Gasteiger partial charge in [0.2, 0.25) is 0 Å². The molecule has 2 aromatic carbocycles. The minimum Gasteiger partial charge on any atom is -0.496 e. The SMILES string of the molecule is C#CC[C@]1(c2ccc(F)cc2)C2=C(CCCO2)c2cc(F)ccc21. The molecule has 2 aliphatic rings. The fraction of sp³-hybridized carbons (Fsp3) is 0.238. The second-order valence-corrected chi connectivity index (χ2v) is 6.24. The maximum Gasteiger partial charge on any atom is 0.123 e. The van der Waals surface area contributed by atoms with Crippen LogP contribution in [-0.2, 0) is 10.2 Å². The molecular weight excluding hydrogens is 306 g/mol. The third kappa shape index (κ3) is 1.99. The molecule has 1 nitrogen and oxygen atoms in total. The topological polar surface area (TPSA) is 9.23 Å². The zero-order valence-corrected chi connectivity index (χ0v) is 13.1. The van der Waals surface area contributed by atoms with E-state index < -0.39 is 5.41 Å². The Balaban J connectivity index is 2.04. The molecule has 4 rings (SSSR count). The van der Waals surface area contributed by atoms with Crippen molar-refractivity contribution in [3.8, 4) is 12.3 Å². The van der Waals surface area contributed by atoms with E-state index in [0.29, 0.717) is 13.0 Å². The summed E-state index contributed by atoms with van der Waals surface area (Å²) in [5.74, 6) is 2.98. The molecule has 0 spiro atoms. The zero-order valence-electron chi connectivity index (χ0n) is 13.1. The lowest BCUT2D eigenvalue weighted by molar-refractivity contribution is 0.166. The van der Waals surface area contributed by atoms with Gasteiger partial charge in [0.05, 0.1) is 12.0 Å². The van der Waals surface area contributed by atoms with Gasteiger partial charge in [-0.3, -0.25) is 0 Å². The van der Waals surface area contributed by atoms with Crippen molar-refractivity contribution in [2.75, 3.05) is 6.61 Å². The first-order chi connectivity index (χ1) is 11.7. The summed E-state index contributed by atoms with van der Waals surface area (Å²) in [6.07, 6.45) is 7.80. The smallest absolute Gasteiger partial charge is 0.123 e. The van der Waals surface area contributed by atoms with E-state index in [-0.39, 0.29) is 11.6 Å². The Morgan fingerprint density at radius 1 is 1.08 bits per heavy atom. The van der Waals surface area contributed by atoms with Gasteiger partial charge in [-0.1, -0.05) is 18.2 Å². The van der Waals surface area contributed by atoms with Crippen LogP contribution in [-0.4, -0.2) is 6.61 Å². The van der Waals surface area contributed by atoms with E-state index >= 15 is 0 Å². The van der Waals surface area contributed by atoms with Crippen molar-refractivity contribution >= 4 is 5.57 Å². The first kappa shape index (κ1) is 15.0. The van der Waals surface area contributed by atoms with E-state index in [4.69, 9.17) is 11.2 Å². The van der Waals surface area contributed by atoms with Gasteiger partial charge >= 0.3 is 0 Å². The highest BCUT2D eigenvalue weighted by Gasteiger charge is 2.48. The van der Waals surface area contributed by atoms with E-state index in [1.54, 1.807) is 24.3 Å². The maximum absolute atomic E-state index is 13.9. The molecule has 2 aromatic rings. The average molecular weight is 322 g/mol. The molecule has 120 valence electrons. The minimum absolute atomic E-state index is 0.276. The van der Waals surface area contributed by atoms with E-state index in [1.165, 1.54) is 18.2 Å². The Labute approximate surface area is 140 Å². The molecule has 1 aliphatic carbocycles. The second kappa shape index (κ2) is 5.49. The molecule has 0 aromatic heterocycles. The average Bonchev–Trinajstić information content (AvgIpc) is 2.87. The van der Waals surface area contributed by atoms with Gasteiger partial charge in [-0.15, -0.1) is 12.3 Å². The number of terminal acetylenes is 1. The summed E-state index contributed by atoms with van der Waals surface area (Å²) in [5, 5.41) is 0. The first-order valence-corrected chi connectivity index (χ1v) is 8.03. The number of halogens is 2. The molecule has 1 atom stereocenters. The molecule has 1 aliphatic heterocycles. The third-order valence-electron chi connectivity index (χ3n) is 4.95. The molecule has 1 heterocycles. The van der Waals surface area contributed by atoms with E-state index in [1.807, 2.05) is 0 Å². The molecule has 0 bridgehead atoms. The van der Waals surface area contributed by atoms with Gasteiger partial charge in [0, 0.05) is 6.42 Å². The molecule has 0 fully saturated rings. The van der Waals surface area contributed by atoms with E-state index in [0.717, 1.165) is 40.9 Å². The molecule has 0 unspecified atom stereocenters. The van der Waals surface area contributed by atoms with Crippen LogP contribution in [0.2, 0.25) is 0 Å². The van der Waals surface area contributed by atoms with Crippen LogP contribution >= 0.6 is 0 Å². The van der Waals surface area contributed by atoms with Gasteiger partial charge in [-0.05, 0) is 59.4 Å². The summed E-state index contributed by atoms with van der Waals surface area (Å²) in [5.41, 5.74) is 3.04. The lowest BCUT2D eigenvalue weighted by Crippen LogP contribution is -2.30. The van der Waals surface area contributed by atoms with Crippen LogP contribution in [0.15, 0.2) is 48.2 Å². The number of rotatable bonds is 2. The summed E-state index contributed by atoms with van der Waals surface area (Å²) in [7, 11) is 0. The van der Waals surface area contributed by atoms with E-state index in [2.05, 4.69) is 5.92 Å². The molecule has 24 heavy (non-hydrogen) atoms. The molecular formula is C21H16F2O. The lowest BCUT2D eigenvalue weighted by Gasteiger charge is -2.33. The van der Waals surface area contributed by atoms with Gasteiger partial charge in [0.15, 0.2) is 0 Å². The van der Waals surface area contributed by atoms with Crippen LogP contribution in [0.4, 0.5) is 8.78 Å². The molecule has 0 N–H and O–H groups in total. The maximum atomic E-state index is 13.9. The summed E-state index contributed by atoms with van der Waals surface area (Å²) in [6, 6.07) is 11.1. The van der Waals surface area contributed by atoms with Gasteiger partial charge in [-0.25, -0.2) is 8.78 Å². The highest BCUT2D eigenvalue weighted by atomic mass is 19.1. The Morgan fingerprint density at radius 2 is 1.83 bits per heavy atom. The monoisotopic (exact) mass is 322 g/mol. The third-order valence-corrected chi connectivity index (χ3v) is 4.95. The number of hydrogen-bond donors (Lipinski definition) is 0. The number of ether oxygens (including phenoxy) is 1. The minimum atomic E-state index is -0.665. The Hall–Kier alpha value is -2.60. The van der Waals surface area contributed by atoms with Crippen LogP contribution < -0.4 is 0 Å². The van der Waals surface area contributed by atoms with Gasteiger partial charge < -0.3 is 4.74 Å². The Bertz CT molecular complexity index is 874. The summed E-state index contributed by atoms with van der Waals surface area (Å²) in [6.45, 7) is 0.614. The van der Waals surface area contributed by atoms with Gasteiger partial charge in [0.25, 0.3) is 0 Å². The molecule has 0 saturated heterocycles. The number of fused-ring (bicyclic) bond motifs is 2. The summed E-state index contributed by atoms with van der Waals surface area (Å²) in [4.78, 5) is 0. The standard InChI is InChI=1S/C21H16F2O/c1-2-11-21(14-5-7-15(22)8-6-14)19-10-9-16(23)13-18(19)17-4-3-12-24-20(17)21/h1,5-10,13H,3-4,11-12H2/t21-/m1/s1. The number of allylic oxidation sites excluding steroid dienone is 2. The predicted octanol–water partition coefficient (Wildman–Crippen LogP) is 4.81. The summed E-state index contributed by atoms with van der Waals surface area (Å²) >= 11 is 0. The van der Waals surface area contributed by atoms with Crippen LogP contribution in [0.1, 0.15) is 36.0 Å². The fourth-order valence-electron chi connectivity index (χ4n) is 3.97. The molecule has 3 heteroatoms. The Kier molecular flexibility index (Phi) is 3.42. The Morgan fingerprint density at radius 3 is 2.58 bits per heavy atom. The predicted molar refractivity (Wildman–Crippen MR) is 89.1 cm³/mol. The van der Waals surface area contributed by atoms with Crippen LogP contribution in [0.5, 0.6) is 0 Å². The van der Waals surface area contributed by atoms with Crippen molar-refractivity contribution in [3.63, 3.8) is 0 Å². The zero-order chi connectivity index (χ0) is 16.7. The van der Waals surface area contributed by atoms with Crippen LogP contribution in [0, 0.1) is 24.0 Å². The largest absolute Gasteiger partial charge is 0.496 e. The second-order valence-electron chi connectivity index (χ2n) is 6.24. The number of hydrogen-bond acceptors (Lipinski definition) is 1. The van der Waals surface area contributed by atoms with Crippen LogP contribution in [0.3, 0.4) is 0 Å². The number of benzene rings is 2. The molecule has 0 radical (unpaired) electrons. The van der Waals surface area contributed by atoms with Gasteiger partial charge in [-0.2, -0.15) is 0 Å². The summed E-state index contributed by atoms with van der Waals surface area (Å²) < 4.78 is 33.3. The molecule has 0 saturated carbocycles. The first-order valence-electron chi connectivity index (χ1n) is 8.03. The van der Waals surface area contributed by atoms with Crippen LogP contribution in [0.25, 0.3) is 5.57 Å². The fourth-order valence-corrected chi connectivity index (χ4v) is 3.97. The van der Waals surface area contributed by atoms with Crippen molar-refractivity contribution in [1.29, 1.82) is 0 Å².